The molecule has 0 heterocycles. The van der Waals surface area contributed by atoms with E-state index in [0.717, 1.165) is 0 Å². The maximum Gasteiger partial charge on any atom is 0.255 e. The van der Waals surface area contributed by atoms with E-state index in [4.69, 9.17) is 11.6 Å². The van der Waals surface area contributed by atoms with Crippen molar-refractivity contribution in [1.29, 1.82) is 0 Å². The van der Waals surface area contributed by atoms with E-state index in [2.05, 4.69) is 10.0 Å². The molecule has 2 aromatic rings. The molecule has 0 saturated heterocycles. The van der Waals surface area contributed by atoms with Crippen LogP contribution in [0.15, 0.2) is 53.4 Å². The molecule has 0 saturated carbocycles. The topological polar surface area (TPSA) is 75.3 Å². The van der Waals surface area contributed by atoms with Gasteiger partial charge < -0.3 is 5.32 Å². The Morgan fingerprint density at radius 2 is 1.83 bits per heavy atom. The van der Waals surface area contributed by atoms with Crippen LogP contribution in [0.25, 0.3) is 0 Å². The van der Waals surface area contributed by atoms with Crippen molar-refractivity contribution >= 4 is 33.2 Å². The Bertz CT molecular complexity index is 789. The van der Waals surface area contributed by atoms with Crippen LogP contribution in [0, 0.1) is 0 Å². The zero-order valence-electron chi connectivity index (χ0n) is 12.5. The van der Waals surface area contributed by atoms with Crippen LogP contribution in [0.1, 0.15) is 23.7 Å². The fraction of sp³-hybridized carbons (Fsp3) is 0.188. The number of anilines is 1. The van der Waals surface area contributed by atoms with Gasteiger partial charge in [-0.2, -0.15) is 0 Å². The third kappa shape index (κ3) is 4.79. The van der Waals surface area contributed by atoms with Gasteiger partial charge in [0.2, 0.25) is 10.0 Å². The second kappa shape index (κ2) is 7.59. The molecule has 0 bridgehead atoms. The number of carbonyl (C=O) groups excluding carboxylic acids is 1. The third-order valence-electron chi connectivity index (χ3n) is 3.05. The minimum absolute atomic E-state index is 0.159. The van der Waals surface area contributed by atoms with Gasteiger partial charge in [0.05, 0.1) is 4.90 Å². The Morgan fingerprint density at radius 1 is 1.13 bits per heavy atom. The number of amides is 1. The number of benzene rings is 2. The monoisotopic (exact) mass is 352 g/mol. The van der Waals surface area contributed by atoms with E-state index in [1.807, 2.05) is 6.92 Å². The molecule has 0 fully saturated rings. The van der Waals surface area contributed by atoms with Crippen LogP contribution in [0.2, 0.25) is 5.02 Å². The first-order valence-corrected chi connectivity index (χ1v) is 8.95. The van der Waals surface area contributed by atoms with E-state index in [1.165, 1.54) is 12.1 Å². The maximum absolute atomic E-state index is 12.1. The lowest BCUT2D eigenvalue weighted by Gasteiger charge is -2.08. The summed E-state index contributed by atoms with van der Waals surface area (Å²) in [6.45, 7) is 2.27. The standard InChI is InChI=1S/C16H17ClN2O3S/c1-2-10-18-23(21,22)15-8-6-14(7-9-15)19-16(20)12-4-3-5-13(17)11-12/h3-9,11,18H,2,10H2,1H3,(H,19,20). The molecule has 5 nitrogen and oxygen atoms in total. The molecule has 2 aromatic carbocycles. The summed E-state index contributed by atoms with van der Waals surface area (Å²) >= 11 is 5.85. The van der Waals surface area contributed by atoms with Gasteiger partial charge in [-0.1, -0.05) is 24.6 Å². The molecule has 122 valence electrons. The van der Waals surface area contributed by atoms with Crippen LogP contribution < -0.4 is 10.0 Å². The van der Waals surface area contributed by atoms with E-state index in [0.29, 0.717) is 29.2 Å². The number of carbonyl (C=O) groups is 1. The highest BCUT2D eigenvalue weighted by atomic mass is 35.5. The van der Waals surface area contributed by atoms with Crippen molar-refractivity contribution < 1.29 is 13.2 Å². The highest BCUT2D eigenvalue weighted by molar-refractivity contribution is 7.89. The van der Waals surface area contributed by atoms with Crippen molar-refractivity contribution in [1.82, 2.24) is 4.72 Å². The number of sulfonamides is 1. The summed E-state index contributed by atoms with van der Waals surface area (Å²) in [4.78, 5) is 12.2. The van der Waals surface area contributed by atoms with Crippen LogP contribution in [0.4, 0.5) is 5.69 Å². The average Bonchev–Trinajstić information content (AvgIpc) is 2.53. The van der Waals surface area contributed by atoms with Crippen molar-refractivity contribution in [2.45, 2.75) is 18.2 Å². The molecule has 7 heteroatoms. The first-order chi connectivity index (χ1) is 10.9. The molecule has 0 aromatic heterocycles. The smallest absolute Gasteiger partial charge is 0.255 e. The van der Waals surface area contributed by atoms with E-state index in [1.54, 1.807) is 36.4 Å². The molecular formula is C16H17ClN2O3S. The van der Waals surface area contributed by atoms with Gasteiger partial charge in [-0.3, -0.25) is 4.79 Å². The fourth-order valence-electron chi connectivity index (χ4n) is 1.87. The van der Waals surface area contributed by atoms with Gasteiger partial charge in [0, 0.05) is 22.8 Å². The SMILES string of the molecule is CCCNS(=O)(=O)c1ccc(NC(=O)c2cccc(Cl)c2)cc1. The second-order valence-corrected chi connectivity index (χ2v) is 7.09. The summed E-state index contributed by atoms with van der Waals surface area (Å²) in [5.74, 6) is -0.313. The first kappa shape index (κ1) is 17.5. The Labute approximate surface area is 140 Å². The number of nitrogens with one attached hydrogen (secondary N) is 2. The molecule has 0 unspecified atom stereocenters. The summed E-state index contributed by atoms with van der Waals surface area (Å²) in [6, 6.07) is 12.6. The minimum Gasteiger partial charge on any atom is -0.322 e. The predicted molar refractivity (Wildman–Crippen MR) is 91.3 cm³/mol. The Morgan fingerprint density at radius 3 is 2.43 bits per heavy atom. The summed E-state index contributed by atoms with van der Waals surface area (Å²) in [6.07, 6.45) is 0.715. The lowest BCUT2D eigenvalue weighted by molar-refractivity contribution is 0.102. The van der Waals surface area contributed by atoms with Crippen LogP contribution in [0.5, 0.6) is 0 Å². The number of halogens is 1. The summed E-state index contributed by atoms with van der Waals surface area (Å²) in [5, 5.41) is 3.17. The zero-order valence-corrected chi connectivity index (χ0v) is 14.1. The Balaban J connectivity index is 2.10. The number of hydrogen-bond acceptors (Lipinski definition) is 3. The van der Waals surface area contributed by atoms with Gasteiger partial charge in [0.25, 0.3) is 5.91 Å². The third-order valence-corrected chi connectivity index (χ3v) is 4.76. The van der Waals surface area contributed by atoms with Crippen LogP contribution in [-0.4, -0.2) is 20.9 Å². The summed E-state index contributed by atoms with van der Waals surface area (Å²) < 4.78 is 26.4. The zero-order chi connectivity index (χ0) is 16.9. The van der Waals surface area contributed by atoms with Gasteiger partial charge in [0.15, 0.2) is 0 Å². The molecule has 1 amide bonds. The molecule has 0 radical (unpaired) electrons. The lowest BCUT2D eigenvalue weighted by Crippen LogP contribution is -2.24. The minimum atomic E-state index is -3.51. The molecule has 0 aliphatic heterocycles. The van der Waals surface area contributed by atoms with Crippen molar-refractivity contribution in [3.8, 4) is 0 Å². The summed E-state index contributed by atoms with van der Waals surface area (Å²) in [5.41, 5.74) is 0.934. The van der Waals surface area contributed by atoms with E-state index in [9.17, 15) is 13.2 Å². The number of hydrogen-bond donors (Lipinski definition) is 2. The molecule has 0 spiro atoms. The van der Waals surface area contributed by atoms with Crippen molar-refractivity contribution in [3.05, 3.63) is 59.1 Å². The highest BCUT2D eigenvalue weighted by Gasteiger charge is 2.13. The van der Waals surface area contributed by atoms with Gasteiger partial charge in [-0.25, -0.2) is 13.1 Å². The second-order valence-electron chi connectivity index (χ2n) is 4.89. The molecule has 2 N–H and O–H groups in total. The average molecular weight is 353 g/mol. The van der Waals surface area contributed by atoms with Crippen LogP contribution in [-0.2, 0) is 10.0 Å². The molecule has 0 aliphatic rings. The van der Waals surface area contributed by atoms with Gasteiger partial charge in [-0.05, 0) is 48.9 Å². The Kier molecular flexibility index (Phi) is 5.76. The summed E-state index contributed by atoms with van der Waals surface area (Å²) in [7, 11) is -3.51. The molecule has 2 rings (SSSR count). The first-order valence-electron chi connectivity index (χ1n) is 7.09. The van der Waals surface area contributed by atoms with E-state index < -0.39 is 10.0 Å². The Hall–Kier alpha value is -1.89. The normalized spacial score (nSPS) is 11.2. The lowest BCUT2D eigenvalue weighted by atomic mass is 10.2. The highest BCUT2D eigenvalue weighted by Crippen LogP contribution is 2.16. The molecule has 23 heavy (non-hydrogen) atoms. The van der Waals surface area contributed by atoms with Crippen LogP contribution in [0.3, 0.4) is 0 Å². The molecule has 0 aliphatic carbocycles. The fourth-order valence-corrected chi connectivity index (χ4v) is 3.19. The molecule has 0 atom stereocenters. The number of rotatable bonds is 6. The van der Waals surface area contributed by atoms with Gasteiger partial charge >= 0.3 is 0 Å². The van der Waals surface area contributed by atoms with Gasteiger partial charge in [0.1, 0.15) is 0 Å². The van der Waals surface area contributed by atoms with Crippen molar-refractivity contribution in [2.24, 2.45) is 0 Å². The van der Waals surface area contributed by atoms with Crippen molar-refractivity contribution in [3.63, 3.8) is 0 Å². The van der Waals surface area contributed by atoms with Crippen LogP contribution >= 0.6 is 11.6 Å². The van der Waals surface area contributed by atoms with Gasteiger partial charge in [-0.15, -0.1) is 0 Å². The largest absolute Gasteiger partial charge is 0.322 e. The van der Waals surface area contributed by atoms with Crippen molar-refractivity contribution in [2.75, 3.05) is 11.9 Å². The van der Waals surface area contributed by atoms with E-state index in [-0.39, 0.29) is 10.8 Å². The quantitative estimate of drug-likeness (QED) is 0.837. The maximum atomic E-state index is 12.1. The predicted octanol–water partition coefficient (Wildman–Crippen LogP) is 3.28. The molecular weight excluding hydrogens is 336 g/mol. The van der Waals surface area contributed by atoms with E-state index >= 15 is 0 Å².